The molecule has 0 saturated carbocycles. The van der Waals surface area contributed by atoms with E-state index in [4.69, 9.17) is 9.15 Å². The monoisotopic (exact) mass is 307 g/mol. The fraction of sp³-hybridized carbons (Fsp3) is 0.588. The quantitative estimate of drug-likeness (QED) is 0.839. The van der Waals surface area contributed by atoms with E-state index in [0.717, 1.165) is 31.7 Å². The maximum atomic E-state index is 11.8. The van der Waals surface area contributed by atoms with Crippen molar-refractivity contribution in [3.05, 3.63) is 29.7 Å². The van der Waals surface area contributed by atoms with Crippen molar-refractivity contribution in [3.8, 4) is 0 Å². The summed E-state index contributed by atoms with van der Waals surface area (Å²) in [5, 5.41) is 9.66. The average molecular weight is 307 g/mol. The second kappa shape index (κ2) is 7.61. The molecule has 0 aliphatic carbocycles. The second-order valence-electron chi connectivity index (χ2n) is 6.15. The Morgan fingerprint density at radius 2 is 2.41 bits per heavy atom. The Bertz CT molecular complexity index is 509. The molecular formula is C17H25NO4. The molecule has 1 aliphatic rings. The molecule has 1 aromatic rings. The summed E-state index contributed by atoms with van der Waals surface area (Å²) in [6, 6.07) is 3.78. The Morgan fingerprint density at radius 3 is 3.05 bits per heavy atom. The van der Waals surface area contributed by atoms with Crippen LogP contribution in [0.5, 0.6) is 0 Å². The summed E-state index contributed by atoms with van der Waals surface area (Å²) in [6.45, 7) is 4.82. The number of ether oxygens (including phenoxy) is 1. The highest BCUT2D eigenvalue weighted by Crippen LogP contribution is 2.34. The first kappa shape index (κ1) is 16.8. The maximum Gasteiger partial charge on any atom is 0.311 e. The summed E-state index contributed by atoms with van der Waals surface area (Å²) in [4.78, 5) is 14.0. The van der Waals surface area contributed by atoms with Crippen LogP contribution in [0.25, 0.3) is 6.08 Å². The fourth-order valence-electron chi connectivity index (χ4n) is 3.16. The smallest absolute Gasteiger partial charge is 0.311 e. The van der Waals surface area contributed by atoms with E-state index in [2.05, 4.69) is 11.8 Å². The largest absolute Gasteiger partial charge is 0.481 e. The fourth-order valence-corrected chi connectivity index (χ4v) is 3.16. The van der Waals surface area contributed by atoms with Crippen LogP contribution in [0.15, 0.2) is 28.4 Å². The standard InChI is InChI=1S/C17H25NO4/c1-14(11-15-5-3-9-22-15)12-18-8-4-6-17(13-18,16(19)20)7-10-21-2/h3,5,9,11H,4,6-8,10,12-13H2,1-2H3,(H,19,20)/b14-11+/t17-/m0/s1. The molecule has 1 aromatic heterocycles. The minimum atomic E-state index is -0.707. The summed E-state index contributed by atoms with van der Waals surface area (Å²) in [6.07, 6.45) is 5.86. The average Bonchev–Trinajstić information content (AvgIpc) is 2.98. The molecule has 1 saturated heterocycles. The van der Waals surface area contributed by atoms with Gasteiger partial charge in [-0.3, -0.25) is 9.69 Å². The number of hydrogen-bond donors (Lipinski definition) is 1. The van der Waals surface area contributed by atoms with Crippen molar-refractivity contribution >= 4 is 12.0 Å². The zero-order valence-electron chi connectivity index (χ0n) is 13.4. The van der Waals surface area contributed by atoms with Gasteiger partial charge in [-0.25, -0.2) is 0 Å². The maximum absolute atomic E-state index is 11.8. The highest BCUT2D eigenvalue weighted by molar-refractivity contribution is 5.75. The first-order valence-electron chi connectivity index (χ1n) is 7.71. The topological polar surface area (TPSA) is 62.9 Å². The van der Waals surface area contributed by atoms with Crippen LogP contribution in [0.2, 0.25) is 0 Å². The van der Waals surface area contributed by atoms with Crippen LogP contribution in [-0.4, -0.2) is 49.3 Å². The molecule has 0 radical (unpaired) electrons. The minimum absolute atomic E-state index is 0.487. The predicted octanol–water partition coefficient (Wildman–Crippen LogP) is 2.89. The molecule has 1 atom stereocenters. The number of nitrogens with zero attached hydrogens (tertiary/aromatic N) is 1. The Balaban J connectivity index is 2.01. The van der Waals surface area contributed by atoms with Crippen LogP contribution in [0.4, 0.5) is 0 Å². The van der Waals surface area contributed by atoms with E-state index in [9.17, 15) is 9.90 Å². The van der Waals surface area contributed by atoms with Gasteiger partial charge in [0.15, 0.2) is 0 Å². The molecule has 0 aromatic carbocycles. The normalized spacial score (nSPS) is 23.6. The number of hydrogen-bond acceptors (Lipinski definition) is 4. The Morgan fingerprint density at radius 1 is 1.59 bits per heavy atom. The molecule has 0 spiro atoms. The summed E-state index contributed by atoms with van der Waals surface area (Å²) in [5.74, 6) is 0.125. The molecule has 0 bridgehead atoms. The van der Waals surface area contributed by atoms with E-state index in [0.29, 0.717) is 19.6 Å². The predicted molar refractivity (Wildman–Crippen MR) is 84.6 cm³/mol. The van der Waals surface area contributed by atoms with Crippen molar-refractivity contribution in [2.24, 2.45) is 5.41 Å². The second-order valence-corrected chi connectivity index (χ2v) is 6.15. The first-order valence-corrected chi connectivity index (χ1v) is 7.71. The van der Waals surface area contributed by atoms with Gasteiger partial charge in [0.1, 0.15) is 5.76 Å². The van der Waals surface area contributed by atoms with E-state index in [-0.39, 0.29) is 0 Å². The highest BCUT2D eigenvalue weighted by Gasteiger charge is 2.41. The van der Waals surface area contributed by atoms with Gasteiger partial charge < -0.3 is 14.3 Å². The van der Waals surface area contributed by atoms with Crippen molar-refractivity contribution in [1.29, 1.82) is 0 Å². The number of methoxy groups -OCH3 is 1. The summed E-state index contributed by atoms with van der Waals surface area (Å²) < 4.78 is 10.4. The molecule has 22 heavy (non-hydrogen) atoms. The SMILES string of the molecule is COCC[C@@]1(C(=O)O)CCCN(C/C(C)=C/c2ccco2)C1. The van der Waals surface area contributed by atoms with E-state index in [1.165, 1.54) is 5.57 Å². The molecule has 1 N–H and O–H groups in total. The van der Waals surface area contributed by atoms with E-state index in [1.807, 2.05) is 18.2 Å². The van der Waals surface area contributed by atoms with E-state index >= 15 is 0 Å². The number of carbonyl (C=O) groups is 1. The van der Waals surface area contributed by atoms with Crippen LogP contribution in [-0.2, 0) is 9.53 Å². The number of rotatable bonds is 7. The minimum Gasteiger partial charge on any atom is -0.481 e. The Kier molecular flexibility index (Phi) is 5.80. The van der Waals surface area contributed by atoms with Gasteiger partial charge in [0.05, 0.1) is 11.7 Å². The third-order valence-electron chi connectivity index (χ3n) is 4.30. The lowest BCUT2D eigenvalue weighted by Crippen LogP contribution is -2.48. The first-order chi connectivity index (χ1) is 10.6. The number of likely N-dealkylation sites (tertiary alicyclic amines) is 1. The molecule has 2 rings (SSSR count). The third kappa shape index (κ3) is 4.21. The van der Waals surface area contributed by atoms with Crippen molar-refractivity contribution in [2.75, 3.05) is 33.4 Å². The lowest BCUT2D eigenvalue weighted by atomic mass is 9.77. The highest BCUT2D eigenvalue weighted by atomic mass is 16.5. The lowest BCUT2D eigenvalue weighted by molar-refractivity contribution is -0.154. The van der Waals surface area contributed by atoms with Gasteiger partial charge in [0.25, 0.3) is 0 Å². The van der Waals surface area contributed by atoms with Gasteiger partial charge in [-0.1, -0.05) is 5.57 Å². The third-order valence-corrected chi connectivity index (χ3v) is 4.30. The van der Waals surface area contributed by atoms with Gasteiger partial charge in [0, 0.05) is 26.8 Å². The van der Waals surface area contributed by atoms with Crippen LogP contribution in [0.3, 0.4) is 0 Å². The van der Waals surface area contributed by atoms with Crippen LogP contribution >= 0.6 is 0 Å². The number of furan rings is 1. The summed E-state index contributed by atoms with van der Waals surface area (Å²) in [7, 11) is 1.62. The summed E-state index contributed by atoms with van der Waals surface area (Å²) in [5.41, 5.74) is 0.488. The molecule has 5 heteroatoms. The molecular weight excluding hydrogens is 282 g/mol. The van der Waals surface area contributed by atoms with E-state index < -0.39 is 11.4 Å². The van der Waals surface area contributed by atoms with E-state index in [1.54, 1.807) is 13.4 Å². The van der Waals surface area contributed by atoms with Gasteiger partial charge in [-0.05, 0) is 50.9 Å². The van der Waals surface area contributed by atoms with Gasteiger partial charge in [0.2, 0.25) is 0 Å². The molecule has 0 amide bonds. The van der Waals surface area contributed by atoms with Gasteiger partial charge in [-0.15, -0.1) is 0 Å². The molecule has 1 aliphatic heterocycles. The molecule has 5 nitrogen and oxygen atoms in total. The summed E-state index contributed by atoms with van der Waals surface area (Å²) >= 11 is 0. The number of piperidine rings is 1. The molecule has 0 unspecified atom stereocenters. The van der Waals surface area contributed by atoms with Crippen LogP contribution in [0.1, 0.15) is 31.9 Å². The number of carboxylic acids is 1. The molecule has 1 fully saturated rings. The van der Waals surface area contributed by atoms with Gasteiger partial charge in [-0.2, -0.15) is 0 Å². The molecule has 2 heterocycles. The number of carboxylic acid groups (broad SMARTS) is 1. The lowest BCUT2D eigenvalue weighted by Gasteiger charge is -2.40. The Hall–Kier alpha value is -1.59. The van der Waals surface area contributed by atoms with Crippen molar-refractivity contribution < 1.29 is 19.1 Å². The zero-order valence-corrected chi connectivity index (χ0v) is 13.4. The van der Waals surface area contributed by atoms with Crippen LogP contribution < -0.4 is 0 Å². The van der Waals surface area contributed by atoms with Crippen molar-refractivity contribution in [2.45, 2.75) is 26.2 Å². The Labute approximate surface area is 131 Å². The zero-order chi connectivity index (χ0) is 16.0. The molecule has 122 valence electrons. The van der Waals surface area contributed by atoms with Crippen molar-refractivity contribution in [1.82, 2.24) is 4.90 Å². The van der Waals surface area contributed by atoms with Gasteiger partial charge >= 0.3 is 5.97 Å². The van der Waals surface area contributed by atoms with Crippen LogP contribution in [0, 0.1) is 5.41 Å². The van der Waals surface area contributed by atoms with Crippen molar-refractivity contribution in [3.63, 3.8) is 0 Å². The number of aliphatic carboxylic acids is 1.